The Hall–Kier alpha value is -3.22. The van der Waals surface area contributed by atoms with E-state index in [2.05, 4.69) is 15.3 Å². The Bertz CT molecular complexity index is 812. The molecule has 1 aliphatic rings. The van der Waals surface area contributed by atoms with Crippen LogP contribution in [0, 0.1) is 0 Å². The fourth-order valence-electron chi connectivity index (χ4n) is 2.24. The Morgan fingerprint density at radius 1 is 0.870 bits per heavy atom. The minimum atomic E-state index is -0.480. The van der Waals surface area contributed by atoms with Crippen molar-refractivity contribution >= 4 is 17.3 Å². The Labute approximate surface area is 132 Å². The second-order valence-electron chi connectivity index (χ2n) is 4.67. The first kappa shape index (κ1) is 14.7. The molecule has 23 heavy (non-hydrogen) atoms. The van der Waals surface area contributed by atoms with E-state index in [0.717, 1.165) is 0 Å². The Morgan fingerprint density at radius 2 is 1.48 bits per heavy atom. The monoisotopic (exact) mass is 311 g/mol. The summed E-state index contributed by atoms with van der Waals surface area (Å²) < 4.78 is 10.2. The third-order valence-corrected chi connectivity index (χ3v) is 3.35. The summed E-state index contributed by atoms with van der Waals surface area (Å²) in [7, 11) is 2.89. The quantitative estimate of drug-likeness (QED) is 0.921. The maximum Gasteiger partial charge on any atom is 0.250 e. The molecule has 1 aliphatic carbocycles. The van der Waals surface area contributed by atoms with Crippen molar-refractivity contribution in [2.45, 2.75) is 0 Å². The van der Waals surface area contributed by atoms with Gasteiger partial charge in [-0.2, -0.15) is 0 Å². The van der Waals surface area contributed by atoms with E-state index >= 15 is 0 Å². The van der Waals surface area contributed by atoms with E-state index in [9.17, 15) is 9.59 Å². The first-order valence-corrected chi connectivity index (χ1v) is 6.75. The minimum Gasteiger partial charge on any atom is -0.497 e. The molecule has 1 heterocycles. The molecule has 0 saturated heterocycles. The summed E-state index contributed by atoms with van der Waals surface area (Å²) in [6.07, 6.45) is 2.73. The van der Waals surface area contributed by atoms with Gasteiger partial charge in [0.15, 0.2) is 5.76 Å². The van der Waals surface area contributed by atoms with Gasteiger partial charge in [-0.15, -0.1) is 0 Å². The van der Waals surface area contributed by atoms with Crippen LogP contribution in [-0.2, 0) is 4.74 Å². The zero-order chi connectivity index (χ0) is 16.4. The molecule has 1 N–H and O–H groups in total. The summed E-state index contributed by atoms with van der Waals surface area (Å²) in [5.74, 6) is -0.329. The summed E-state index contributed by atoms with van der Waals surface area (Å²) in [4.78, 5) is 32.9. The summed E-state index contributed by atoms with van der Waals surface area (Å²) in [6, 6.07) is 6.92. The van der Waals surface area contributed by atoms with Gasteiger partial charge in [-0.25, -0.2) is 9.97 Å². The number of ketones is 2. The minimum absolute atomic E-state index is 0.00497. The number of hydrogen-bond acceptors (Lipinski definition) is 7. The van der Waals surface area contributed by atoms with Gasteiger partial charge in [0.1, 0.15) is 22.8 Å². The number of carbonyl (C=O) groups excluding carboxylic acids is 2. The van der Waals surface area contributed by atoms with Gasteiger partial charge in [-0.3, -0.25) is 9.59 Å². The molecule has 2 aromatic rings. The van der Waals surface area contributed by atoms with Crippen LogP contribution in [0.5, 0.6) is 5.75 Å². The lowest BCUT2D eigenvalue weighted by Gasteiger charge is -2.19. The number of allylic oxidation sites excluding steroid dienone is 2. The number of aromatic nitrogens is 2. The number of fused-ring (bicyclic) bond motifs is 1. The molecule has 0 atom stereocenters. The van der Waals surface area contributed by atoms with Crippen molar-refractivity contribution in [3.8, 4) is 5.75 Å². The summed E-state index contributed by atoms with van der Waals surface area (Å²) in [5.41, 5.74) is 0.656. The zero-order valence-corrected chi connectivity index (χ0v) is 12.5. The number of carbonyl (C=O) groups is 2. The van der Waals surface area contributed by atoms with Gasteiger partial charge in [0.25, 0.3) is 5.78 Å². The number of ether oxygens (including phenoxy) is 2. The maximum atomic E-state index is 12.6. The van der Waals surface area contributed by atoms with Crippen molar-refractivity contribution in [2.75, 3.05) is 19.5 Å². The molecule has 0 aliphatic heterocycles. The number of Topliss-reactive ketones (excluding diaryl/α,β-unsaturated/α-hetero) is 2. The van der Waals surface area contributed by atoms with E-state index < -0.39 is 11.6 Å². The average molecular weight is 311 g/mol. The lowest BCUT2D eigenvalue weighted by Crippen LogP contribution is -2.28. The Morgan fingerprint density at radius 3 is 2.04 bits per heavy atom. The van der Waals surface area contributed by atoms with Crippen LogP contribution in [0.3, 0.4) is 0 Å². The van der Waals surface area contributed by atoms with Crippen molar-refractivity contribution in [1.82, 2.24) is 9.97 Å². The predicted molar refractivity (Wildman–Crippen MR) is 81.3 cm³/mol. The molecule has 0 radical (unpaired) electrons. The fraction of sp³-hybridized carbons (Fsp3) is 0.125. The summed E-state index contributed by atoms with van der Waals surface area (Å²) in [6.45, 7) is 0. The van der Waals surface area contributed by atoms with Crippen molar-refractivity contribution in [2.24, 2.45) is 0 Å². The molecule has 0 unspecified atom stereocenters. The SMILES string of the molecule is COC1=C(Nc2ccc(OC)cc2)C(=O)c2nccnc2C1=O. The van der Waals surface area contributed by atoms with E-state index in [1.807, 2.05) is 0 Å². The highest BCUT2D eigenvalue weighted by Gasteiger charge is 2.35. The lowest BCUT2D eigenvalue weighted by atomic mass is 9.99. The largest absolute Gasteiger partial charge is 0.497 e. The molecule has 0 fully saturated rings. The van der Waals surface area contributed by atoms with Gasteiger partial charge in [0.05, 0.1) is 14.2 Å². The summed E-state index contributed by atoms with van der Waals surface area (Å²) >= 11 is 0. The van der Waals surface area contributed by atoms with Crippen molar-refractivity contribution in [1.29, 1.82) is 0 Å². The van der Waals surface area contributed by atoms with Crippen LogP contribution in [0.15, 0.2) is 48.1 Å². The number of rotatable bonds is 4. The number of hydrogen-bond donors (Lipinski definition) is 1. The third kappa shape index (κ3) is 2.52. The van der Waals surface area contributed by atoms with Gasteiger partial charge in [0.2, 0.25) is 5.78 Å². The number of benzene rings is 1. The molecular weight excluding hydrogens is 298 g/mol. The van der Waals surface area contributed by atoms with Gasteiger partial charge in [-0.1, -0.05) is 0 Å². The van der Waals surface area contributed by atoms with Crippen LogP contribution >= 0.6 is 0 Å². The van der Waals surface area contributed by atoms with Crippen LogP contribution in [0.25, 0.3) is 0 Å². The first-order valence-electron chi connectivity index (χ1n) is 6.75. The van der Waals surface area contributed by atoms with Crippen molar-refractivity contribution < 1.29 is 19.1 Å². The molecule has 1 aromatic carbocycles. The molecule has 1 aromatic heterocycles. The average Bonchev–Trinajstić information content (AvgIpc) is 2.60. The molecule has 3 rings (SSSR count). The highest BCUT2D eigenvalue weighted by Crippen LogP contribution is 2.26. The van der Waals surface area contributed by atoms with Gasteiger partial charge in [-0.05, 0) is 24.3 Å². The number of anilines is 1. The van der Waals surface area contributed by atoms with Crippen molar-refractivity contribution in [3.63, 3.8) is 0 Å². The number of methoxy groups -OCH3 is 2. The summed E-state index contributed by atoms with van der Waals surface area (Å²) in [5, 5.41) is 2.92. The van der Waals surface area contributed by atoms with Crippen LogP contribution in [0.1, 0.15) is 21.0 Å². The highest BCUT2D eigenvalue weighted by molar-refractivity contribution is 6.25. The van der Waals surface area contributed by atoms with E-state index in [1.54, 1.807) is 31.4 Å². The van der Waals surface area contributed by atoms with Crippen LogP contribution in [0.4, 0.5) is 5.69 Å². The molecule has 7 heteroatoms. The molecule has 0 amide bonds. The molecule has 0 saturated carbocycles. The number of nitrogens with zero attached hydrogens (tertiary/aromatic N) is 2. The topological polar surface area (TPSA) is 90.4 Å². The second kappa shape index (κ2) is 5.88. The van der Waals surface area contributed by atoms with E-state index in [1.165, 1.54) is 19.5 Å². The zero-order valence-electron chi connectivity index (χ0n) is 12.5. The fourth-order valence-corrected chi connectivity index (χ4v) is 2.24. The van der Waals surface area contributed by atoms with E-state index in [4.69, 9.17) is 9.47 Å². The van der Waals surface area contributed by atoms with E-state index in [0.29, 0.717) is 11.4 Å². The van der Waals surface area contributed by atoms with Crippen molar-refractivity contribution in [3.05, 3.63) is 59.5 Å². The van der Waals surface area contributed by atoms with Gasteiger partial charge in [0, 0.05) is 18.1 Å². The normalized spacial score (nSPS) is 13.7. The Kier molecular flexibility index (Phi) is 3.76. The molecule has 7 nitrogen and oxygen atoms in total. The standard InChI is InChI=1S/C16H13N3O4/c1-22-10-5-3-9(4-6-10)19-13-14(20)11-12(18-8-7-17-11)15(21)16(13)23-2/h3-8,19H,1-2H3. The predicted octanol–water partition coefficient (Wildman–Crippen LogP) is 1.83. The smallest absolute Gasteiger partial charge is 0.250 e. The molecule has 0 bridgehead atoms. The molecule has 116 valence electrons. The Balaban J connectivity index is 2.01. The van der Waals surface area contributed by atoms with Crippen LogP contribution < -0.4 is 10.1 Å². The van der Waals surface area contributed by atoms with Gasteiger partial charge < -0.3 is 14.8 Å². The van der Waals surface area contributed by atoms with Crippen LogP contribution in [-0.4, -0.2) is 35.8 Å². The maximum absolute atomic E-state index is 12.6. The third-order valence-electron chi connectivity index (χ3n) is 3.35. The first-order chi connectivity index (χ1) is 11.2. The number of nitrogens with one attached hydrogen (secondary N) is 1. The highest BCUT2D eigenvalue weighted by atomic mass is 16.5. The van der Waals surface area contributed by atoms with E-state index in [-0.39, 0.29) is 22.8 Å². The lowest BCUT2D eigenvalue weighted by molar-refractivity contribution is 0.0899. The molecular formula is C16H13N3O4. The van der Waals surface area contributed by atoms with Gasteiger partial charge >= 0.3 is 0 Å². The molecule has 0 spiro atoms. The second-order valence-corrected chi connectivity index (χ2v) is 4.67. The van der Waals surface area contributed by atoms with Crippen LogP contribution in [0.2, 0.25) is 0 Å².